The lowest BCUT2D eigenvalue weighted by Gasteiger charge is -2.07. The molecule has 2 heteroatoms. The zero-order valence-corrected chi connectivity index (χ0v) is 8.80. The van der Waals surface area contributed by atoms with Gasteiger partial charge in [0.25, 0.3) is 0 Å². The number of benzene rings is 1. The molecule has 0 aliphatic heterocycles. The van der Waals surface area contributed by atoms with Gasteiger partial charge in [0.2, 0.25) is 0 Å². The zero-order valence-electron chi connectivity index (χ0n) is 8.80. The van der Waals surface area contributed by atoms with E-state index in [0.29, 0.717) is 6.42 Å². The summed E-state index contributed by atoms with van der Waals surface area (Å²) in [5.41, 5.74) is 1.71. The molecule has 1 aromatic carbocycles. The average molecular weight is 194 g/mol. The van der Waals surface area contributed by atoms with E-state index in [1.54, 1.807) is 0 Å². The van der Waals surface area contributed by atoms with Crippen molar-refractivity contribution < 1.29 is 9.18 Å². The molecule has 1 nitrogen and oxygen atoms in total. The SMILES string of the molecule is CC(=O)Cc1cc(F)cc(C(C)C)c1. The van der Waals surface area contributed by atoms with Crippen LogP contribution in [0, 0.1) is 5.82 Å². The fraction of sp³-hybridized carbons (Fsp3) is 0.417. The molecule has 0 fully saturated rings. The molecule has 0 aliphatic rings. The Morgan fingerprint density at radius 1 is 1.36 bits per heavy atom. The summed E-state index contributed by atoms with van der Waals surface area (Å²) in [5.74, 6) is 0.0918. The highest BCUT2D eigenvalue weighted by Crippen LogP contribution is 2.18. The summed E-state index contributed by atoms with van der Waals surface area (Å²) in [4.78, 5) is 10.9. The van der Waals surface area contributed by atoms with Crippen molar-refractivity contribution in [3.05, 3.63) is 35.1 Å². The van der Waals surface area contributed by atoms with Crippen molar-refractivity contribution >= 4 is 5.78 Å². The first-order chi connectivity index (χ1) is 6.49. The molecule has 76 valence electrons. The summed E-state index contributed by atoms with van der Waals surface area (Å²) in [6.07, 6.45) is 0.317. The van der Waals surface area contributed by atoms with Gasteiger partial charge in [-0.1, -0.05) is 19.9 Å². The van der Waals surface area contributed by atoms with Crippen molar-refractivity contribution in [1.29, 1.82) is 0 Å². The lowest BCUT2D eigenvalue weighted by molar-refractivity contribution is -0.116. The molecular weight excluding hydrogens is 179 g/mol. The predicted octanol–water partition coefficient (Wildman–Crippen LogP) is 3.08. The van der Waals surface area contributed by atoms with Crippen LogP contribution in [0.3, 0.4) is 0 Å². The van der Waals surface area contributed by atoms with Crippen molar-refractivity contribution in [3.63, 3.8) is 0 Å². The molecule has 1 aromatic rings. The minimum absolute atomic E-state index is 0.0605. The Hall–Kier alpha value is -1.18. The van der Waals surface area contributed by atoms with Crippen LogP contribution in [0.2, 0.25) is 0 Å². The summed E-state index contributed by atoms with van der Waals surface area (Å²) < 4.78 is 13.1. The van der Waals surface area contributed by atoms with Crippen molar-refractivity contribution in [3.8, 4) is 0 Å². The Kier molecular flexibility index (Phi) is 3.39. The fourth-order valence-electron chi connectivity index (χ4n) is 1.40. The monoisotopic (exact) mass is 194 g/mol. The van der Waals surface area contributed by atoms with E-state index in [1.807, 2.05) is 19.9 Å². The molecule has 0 spiro atoms. The Bertz CT molecular complexity index is 342. The number of Topliss-reactive ketones (excluding diaryl/α,β-unsaturated/α-hetero) is 1. The molecule has 0 unspecified atom stereocenters. The first-order valence-corrected chi connectivity index (χ1v) is 4.78. The summed E-state index contributed by atoms with van der Waals surface area (Å²) in [6.45, 7) is 5.53. The predicted molar refractivity (Wildman–Crippen MR) is 54.9 cm³/mol. The maximum atomic E-state index is 13.1. The Balaban J connectivity index is 3.01. The minimum Gasteiger partial charge on any atom is -0.300 e. The van der Waals surface area contributed by atoms with E-state index in [1.165, 1.54) is 19.1 Å². The van der Waals surface area contributed by atoms with Crippen LogP contribution in [0.15, 0.2) is 18.2 Å². The minimum atomic E-state index is -0.257. The maximum Gasteiger partial charge on any atom is 0.134 e. The van der Waals surface area contributed by atoms with Crippen LogP contribution in [0.1, 0.15) is 37.8 Å². The number of halogens is 1. The van der Waals surface area contributed by atoms with Crippen LogP contribution in [0.5, 0.6) is 0 Å². The van der Waals surface area contributed by atoms with E-state index in [4.69, 9.17) is 0 Å². The second kappa shape index (κ2) is 4.36. The molecular formula is C12H15FO. The van der Waals surface area contributed by atoms with E-state index in [2.05, 4.69) is 0 Å². The second-order valence-electron chi connectivity index (χ2n) is 3.93. The van der Waals surface area contributed by atoms with Gasteiger partial charge >= 0.3 is 0 Å². The number of rotatable bonds is 3. The summed E-state index contributed by atoms with van der Waals surface area (Å²) in [6, 6.07) is 4.84. The first-order valence-electron chi connectivity index (χ1n) is 4.78. The van der Waals surface area contributed by atoms with Gasteiger partial charge in [-0.05, 0) is 36.1 Å². The molecule has 0 amide bonds. The average Bonchev–Trinajstić information content (AvgIpc) is 2.01. The van der Waals surface area contributed by atoms with Crippen molar-refractivity contribution in [2.24, 2.45) is 0 Å². The van der Waals surface area contributed by atoms with Gasteiger partial charge in [0.1, 0.15) is 11.6 Å². The van der Waals surface area contributed by atoms with Crippen molar-refractivity contribution in [1.82, 2.24) is 0 Å². The Labute approximate surface area is 83.9 Å². The third-order valence-corrected chi connectivity index (χ3v) is 2.10. The molecule has 0 aromatic heterocycles. The van der Waals surface area contributed by atoms with Gasteiger partial charge in [0.15, 0.2) is 0 Å². The lowest BCUT2D eigenvalue weighted by Crippen LogP contribution is -1.99. The number of hydrogen-bond donors (Lipinski definition) is 0. The number of hydrogen-bond acceptors (Lipinski definition) is 1. The van der Waals surface area contributed by atoms with Gasteiger partial charge in [0.05, 0.1) is 0 Å². The third-order valence-electron chi connectivity index (χ3n) is 2.10. The van der Waals surface area contributed by atoms with Crippen molar-refractivity contribution in [2.45, 2.75) is 33.1 Å². The van der Waals surface area contributed by atoms with Crippen molar-refractivity contribution in [2.75, 3.05) is 0 Å². The van der Waals surface area contributed by atoms with Gasteiger partial charge in [-0.15, -0.1) is 0 Å². The topological polar surface area (TPSA) is 17.1 Å². The standard InChI is InChI=1S/C12H15FO/c1-8(2)11-5-10(4-9(3)14)6-12(13)7-11/h5-8H,4H2,1-3H3. The van der Waals surface area contributed by atoms with E-state index in [0.717, 1.165) is 11.1 Å². The summed E-state index contributed by atoms with van der Waals surface area (Å²) >= 11 is 0. The largest absolute Gasteiger partial charge is 0.300 e. The van der Waals surface area contributed by atoms with Crippen LogP contribution < -0.4 is 0 Å². The van der Waals surface area contributed by atoms with E-state index in [9.17, 15) is 9.18 Å². The van der Waals surface area contributed by atoms with Gasteiger partial charge in [-0.3, -0.25) is 4.79 Å². The Morgan fingerprint density at radius 3 is 2.50 bits per heavy atom. The van der Waals surface area contributed by atoms with Gasteiger partial charge in [-0.2, -0.15) is 0 Å². The van der Waals surface area contributed by atoms with E-state index < -0.39 is 0 Å². The van der Waals surface area contributed by atoms with Crippen LogP contribution >= 0.6 is 0 Å². The molecule has 0 saturated heterocycles. The highest BCUT2D eigenvalue weighted by molar-refractivity contribution is 5.78. The second-order valence-corrected chi connectivity index (χ2v) is 3.93. The van der Waals surface area contributed by atoms with E-state index in [-0.39, 0.29) is 17.5 Å². The Morgan fingerprint density at radius 2 is 2.00 bits per heavy atom. The fourth-order valence-corrected chi connectivity index (χ4v) is 1.40. The van der Waals surface area contributed by atoms with Gasteiger partial charge < -0.3 is 0 Å². The molecule has 0 aliphatic carbocycles. The smallest absolute Gasteiger partial charge is 0.134 e. The third kappa shape index (κ3) is 2.95. The zero-order chi connectivity index (χ0) is 10.7. The molecule has 0 atom stereocenters. The lowest BCUT2D eigenvalue weighted by atomic mass is 9.99. The van der Waals surface area contributed by atoms with Gasteiger partial charge in [-0.25, -0.2) is 4.39 Å². The molecule has 0 saturated carbocycles. The van der Waals surface area contributed by atoms with Crippen LogP contribution in [0.4, 0.5) is 4.39 Å². The molecule has 14 heavy (non-hydrogen) atoms. The first kappa shape index (κ1) is 10.9. The van der Waals surface area contributed by atoms with E-state index >= 15 is 0 Å². The summed E-state index contributed by atoms with van der Waals surface area (Å²) in [5, 5.41) is 0. The van der Waals surface area contributed by atoms with Crippen LogP contribution in [0.25, 0.3) is 0 Å². The van der Waals surface area contributed by atoms with Gasteiger partial charge in [0, 0.05) is 6.42 Å². The normalized spacial score (nSPS) is 10.6. The number of ketones is 1. The maximum absolute atomic E-state index is 13.1. The van der Waals surface area contributed by atoms with Crippen LogP contribution in [-0.4, -0.2) is 5.78 Å². The van der Waals surface area contributed by atoms with Crippen LogP contribution in [-0.2, 0) is 11.2 Å². The molecule has 0 N–H and O–H groups in total. The number of carbonyl (C=O) groups is 1. The summed E-state index contributed by atoms with van der Waals surface area (Å²) in [7, 11) is 0. The molecule has 0 radical (unpaired) electrons. The highest BCUT2D eigenvalue weighted by atomic mass is 19.1. The highest BCUT2D eigenvalue weighted by Gasteiger charge is 2.05. The number of carbonyl (C=O) groups excluding carboxylic acids is 1. The molecule has 0 bridgehead atoms. The molecule has 0 heterocycles. The molecule has 1 rings (SSSR count). The quantitative estimate of drug-likeness (QED) is 0.722.